The van der Waals surface area contributed by atoms with E-state index in [1.54, 1.807) is 13.2 Å². The molecule has 0 amide bonds. The molecule has 0 spiro atoms. The number of methoxy groups -OCH3 is 1. The van der Waals surface area contributed by atoms with Crippen molar-refractivity contribution in [3.63, 3.8) is 0 Å². The van der Waals surface area contributed by atoms with Gasteiger partial charge in [0.05, 0.1) is 7.11 Å². The van der Waals surface area contributed by atoms with Crippen molar-refractivity contribution in [2.75, 3.05) is 7.11 Å². The smallest absolute Gasteiger partial charge is 0.126 e. The van der Waals surface area contributed by atoms with E-state index < -0.39 is 5.54 Å². The van der Waals surface area contributed by atoms with Gasteiger partial charge in [-0.05, 0) is 54.8 Å². The molecule has 1 atom stereocenters. The van der Waals surface area contributed by atoms with Crippen LogP contribution in [-0.2, 0) is 12.0 Å². The highest BCUT2D eigenvalue weighted by atomic mass is 35.5. The summed E-state index contributed by atoms with van der Waals surface area (Å²) in [6, 6.07) is 12.0. The Kier molecular flexibility index (Phi) is 4.31. The van der Waals surface area contributed by atoms with Gasteiger partial charge in [0, 0.05) is 10.6 Å². The minimum absolute atomic E-state index is 0.292. The summed E-state index contributed by atoms with van der Waals surface area (Å²) < 4.78 is 18.9. The summed E-state index contributed by atoms with van der Waals surface area (Å²) >= 11 is 5.91. The zero-order valence-electron chi connectivity index (χ0n) is 11.5. The van der Waals surface area contributed by atoms with Crippen LogP contribution in [0.5, 0.6) is 5.75 Å². The lowest BCUT2D eigenvalue weighted by molar-refractivity contribution is 0.413. The predicted octanol–water partition coefficient (Wildman–Crippen LogP) is 3.90. The van der Waals surface area contributed by atoms with Crippen molar-refractivity contribution in [2.24, 2.45) is 5.73 Å². The highest BCUT2D eigenvalue weighted by molar-refractivity contribution is 6.30. The third kappa shape index (κ3) is 3.30. The molecule has 0 heterocycles. The molecular weight excluding hydrogens is 277 g/mol. The molecule has 0 bridgehead atoms. The molecule has 2 aromatic carbocycles. The average Bonchev–Trinajstić information content (AvgIpc) is 2.43. The second kappa shape index (κ2) is 5.81. The van der Waals surface area contributed by atoms with Gasteiger partial charge in [0.15, 0.2) is 0 Å². The van der Waals surface area contributed by atoms with Crippen LogP contribution in [0.2, 0.25) is 5.02 Å². The van der Waals surface area contributed by atoms with Crippen molar-refractivity contribution >= 4 is 11.6 Å². The fourth-order valence-corrected chi connectivity index (χ4v) is 2.34. The highest BCUT2D eigenvalue weighted by Gasteiger charge is 2.23. The maximum Gasteiger partial charge on any atom is 0.126 e. The second-order valence-corrected chi connectivity index (χ2v) is 5.49. The van der Waals surface area contributed by atoms with Gasteiger partial charge in [-0.2, -0.15) is 0 Å². The van der Waals surface area contributed by atoms with E-state index in [0.29, 0.717) is 17.0 Å². The molecule has 0 aliphatic carbocycles. The van der Waals surface area contributed by atoms with Gasteiger partial charge in [-0.25, -0.2) is 4.39 Å². The molecule has 0 saturated carbocycles. The summed E-state index contributed by atoms with van der Waals surface area (Å²) in [6.07, 6.45) is 0.367. The van der Waals surface area contributed by atoms with E-state index in [2.05, 4.69) is 0 Å². The van der Waals surface area contributed by atoms with Gasteiger partial charge in [0.25, 0.3) is 0 Å². The topological polar surface area (TPSA) is 35.2 Å². The molecule has 2 rings (SSSR count). The molecular formula is C16H17ClFNO. The van der Waals surface area contributed by atoms with Crippen LogP contribution in [-0.4, -0.2) is 7.11 Å². The van der Waals surface area contributed by atoms with Crippen LogP contribution >= 0.6 is 11.6 Å². The number of hydrogen-bond donors (Lipinski definition) is 1. The predicted molar refractivity (Wildman–Crippen MR) is 79.6 cm³/mol. The first-order valence-corrected chi connectivity index (χ1v) is 6.67. The zero-order valence-corrected chi connectivity index (χ0v) is 12.2. The molecule has 0 radical (unpaired) electrons. The van der Waals surface area contributed by atoms with Crippen LogP contribution in [0.1, 0.15) is 18.1 Å². The lowest BCUT2D eigenvalue weighted by atomic mass is 9.86. The molecule has 0 saturated heterocycles. The van der Waals surface area contributed by atoms with Gasteiger partial charge < -0.3 is 10.5 Å². The average molecular weight is 294 g/mol. The Bertz CT molecular complexity index is 596. The Morgan fingerprint density at radius 3 is 2.45 bits per heavy atom. The molecule has 2 N–H and O–H groups in total. The van der Waals surface area contributed by atoms with Crippen molar-refractivity contribution in [3.8, 4) is 5.75 Å². The molecule has 4 heteroatoms. The minimum Gasteiger partial charge on any atom is -0.497 e. The van der Waals surface area contributed by atoms with Crippen molar-refractivity contribution < 1.29 is 9.13 Å². The van der Waals surface area contributed by atoms with E-state index in [0.717, 1.165) is 11.3 Å². The summed E-state index contributed by atoms with van der Waals surface area (Å²) in [5.41, 5.74) is 7.07. The molecule has 2 aromatic rings. The lowest BCUT2D eigenvalue weighted by Crippen LogP contribution is -2.35. The summed E-state index contributed by atoms with van der Waals surface area (Å²) in [7, 11) is 1.61. The van der Waals surface area contributed by atoms with Gasteiger partial charge in [0.1, 0.15) is 11.6 Å². The van der Waals surface area contributed by atoms with Crippen molar-refractivity contribution in [2.45, 2.75) is 18.9 Å². The number of hydrogen-bond acceptors (Lipinski definition) is 2. The van der Waals surface area contributed by atoms with Crippen LogP contribution < -0.4 is 10.5 Å². The number of rotatable bonds is 4. The van der Waals surface area contributed by atoms with Crippen LogP contribution in [0, 0.1) is 5.82 Å². The normalized spacial score (nSPS) is 13.8. The number of nitrogens with two attached hydrogens (primary N) is 1. The zero-order chi connectivity index (χ0) is 14.8. The minimum atomic E-state index is -0.683. The molecule has 1 unspecified atom stereocenters. The number of ether oxygens (including phenoxy) is 1. The monoisotopic (exact) mass is 293 g/mol. The van der Waals surface area contributed by atoms with Gasteiger partial charge in [0.2, 0.25) is 0 Å². The van der Waals surface area contributed by atoms with Crippen LogP contribution in [0.3, 0.4) is 0 Å². The molecule has 106 valence electrons. The van der Waals surface area contributed by atoms with Gasteiger partial charge in [-0.15, -0.1) is 0 Å². The van der Waals surface area contributed by atoms with Crippen molar-refractivity contribution in [1.29, 1.82) is 0 Å². The summed E-state index contributed by atoms with van der Waals surface area (Å²) in [5.74, 6) is 0.470. The molecule has 0 aromatic heterocycles. The fraction of sp³-hybridized carbons (Fsp3) is 0.250. The van der Waals surface area contributed by atoms with Gasteiger partial charge in [-0.1, -0.05) is 23.7 Å². The Morgan fingerprint density at radius 2 is 1.85 bits per heavy atom. The Morgan fingerprint density at radius 1 is 1.20 bits per heavy atom. The molecule has 0 aliphatic heterocycles. The van der Waals surface area contributed by atoms with E-state index in [1.165, 1.54) is 12.1 Å². The third-order valence-electron chi connectivity index (χ3n) is 3.31. The molecule has 0 aliphatic rings. The standard InChI is InChI=1S/C16H17ClFNO/c1-16(19,12-3-6-14(20-2)7-4-12)10-11-9-13(17)5-8-15(11)18/h3-9H,10,19H2,1-2H3. The summed E-state index contributed by atoms with van der Waals surface area (Å²) in [5, 5.41) is 0.506. The van der Waals surface area contributed by atoms with Crippen LogP contribution in [0.25, 0.3) is 0 Å². The van der Waals surface area contributed by atoms with Gasteiger partial charge >= 0.3 is 0 Å². The Labute approximate surface area is 123 Å². The third-order valence-corrected chi connectivity index (χ3v) is 3.55. The van der Waals surface area contributed by atoms with E-state index >= 15 is 0 Å². The first-order valence-electron chi connectivity index (χ1n) is 6.30. The van der Waals surface area contributed by atoms with E-state index in [-0.39, 0.29) is 5.82 Å². The van der Waals surface area contributed by atoms with Crippen molar-refractivity contribution in [1.82, 2.24) is 0 Å². The van der Waals surface area contributed by atoms with Crippen LogP contribution in [0.15, 0.2) is 42.5 Å². The molecule has 20 heavy (non-hydrogen) atoms. The SMILES string of the molecule is COc1ccc(C(C)(N)Cc2cc(Cl)ccc2F)cc1. The highest BCUT2D eigenvalue weighted by Crippen LogP contribution is 2.27. The van der Waals surface area contributed by atoms with E-state index in [9.17, 15) is 4.39 Å². The fourth-order valence-electron chi connectivity index (χ4n) is 2.15. The van der Waals surface area contributed by atoms with Gasteiger partial charge in [-0.3, -0.25) is 0 Å². The van der Waals surface area contributed by atoms with E-state index in [4.69, 9.17) is 22.1 Å². The second-order valence-electron chi connectivity index (χ2n) is 5.06. The lowest BCUT2D eigenvalue weighted by Gasteiger charge is -2.26. The first-order chi connectivity index (χ1) is 9.42. The number of benzene rings is 2. The first kappa shape index (κ1) is 14.8. The maximum atomic E-state index is 13.8. The molecule has 0 fully saturated rings. The molecule has 2 nitrogen and oxygen atoms in total. The van der Waals surface area contributed by atoms with E-state index in [1.807, 2.05) is 31.2 Å². The summed E-state index contributed by atoms with van der Waals surface area (Å²) in [6.45, 7) is 1.87. The summed E-state index contributed by atoms with van der Waals surface area (Å²) in [4.78, 5) is 0. The van der Waals surface area contributed by atoms with Crippen molar-refractivity contribution in [3.05, 3.63) is 64.4 Å². The Balaban J connectivity index is 2.27. The Hall–Kier alpha value is -1.58. The largest absolute Gasteiger partial charge is 0.497 e. The quantitative estimate of drug-likeness (QED) is 0.928. The maximum absolute atomic E-state index is 13.8. The number of halogens is 2. The van der Waals surface area contributed by atoms with Crippen LogP contribution in [0.4, 0.5) is 4.39 Å².